The van der Waals surface area contributed by atoms with E-state index in [0.29, 0.717) is 11.5 Å². The van der Waals surface area contributed by atoms with Crippen LogP contribution in [0.4, 0.5) is 5.69 Å². The highest BCUT2D eigenvalue weighted by molar-refractivity contribution is 5.94. The fourth-order valence-electron chi connectivity index (χ4n) is 2.75. The molecule has 0 bridgehead atoms. The quantitative estimate of drug-likeness (QED) is 0.839. The number of likely N-dealkylation sites (tertiary alicyclic amines) is 1. The minimum Gasteiger partial charge on any atom is -0.478 e. The van der Waals surface area contributed by atoms with Crippen molar-refractivity contribution in [1.29, 1.82) is 0 Å². The summed E-state index contributed by atoms with van der Waals surface area (Å²) in [6.07, 6.45) is 2.61. The third-order valence-electron chi connectivity index (χ3n) is 3.82. The zero-order chi connectivity index (χ0) is 14.5. The van der Waals surface area contributed by atoms with E-state index in [1.165, 1.54) is 25.9 Å². The van der Waals surface area contributed by atoms with Gasteiger partial charge in [-0.3, -0.25) is 0 Å². The molecule has 1 aromatic rings. The summed E-state index contributed by atoms with van der Waals surface area (Å²) in [6.45, 7) is 8.48. The first-order valence-corrected chi connectivity index (χ1v) is 7.36. The molecule has 1 aromatic carbocycles. The molecule has 0 spiro atoms. The lowest BCUT2D eigenvalue weighted by Crippen LogP contribution is -2.29. The van der Waals surface area contributed by atoms with Crippen molar-refractivity contribution in [2.75, 3.05) is 31.5 Å². The molecular formula is C16H24N2O2. The number of hydrogen-bond acceptors (Lipinski definition) is 3. The van der Waals surface area contributed by atoms with Gasteiger partial charge in [0, 0.05) is 18.8 Å². The van der Waals surface area contributed by atoms with Crippen LogP contribution in [0, 0.1) is 12.8 Å². The number of nitrogens with zero attached hydrogens (tertiary/aromatic N) is 1. The van der Waals surface area contributed by atoms with Crippen LogP contribution in [-0.4, -0.2) is 42.2 Å². The van der Waals surface area contributed by atoms with E-state index in [4.69, 9.17) is 0 Å². The molecular weight excluding hydrogens is 252 g/mol. The molecule has 0 aliphatic carbocycles. The standard InChI is InChI=1S/C16H24N2O2/c1-12-5-6-14(16(19)20)15(9-12)17-10-13(2)11-18-7-3-4-8-18/h5-6,9,13,17H,3-4,7-8,10-11H2,1-2H3,(H,19,20). The van der Waals surface area contributed by atoms with E-state index in [9.17, 15) is 9.90 Å². The van der Waals surface area contributed by atoms with Gasteiger partial charge in [0.25, 0.3) is 0 Å². The lowest BCUT2D eigenvalue weighted by molar-refractivity contribution is 0.0698. The minimum atomic E-state index is -0.875. The first-order valence-electron chi connectivity index (χ1n) is 7.36. The van der Waals surface area contributed by atoms with Crippen molar-refractivity contribution in [3.05, 3.63) is 29.3 Å². The Hall–Kier alpha value is -1.55. The van der Waals surface area contributed by atoms with E-state index in [2.05, 4.69) is 17.1 Å². The first-order chi connectivity index (χ1) is 9.56. The Kier molecular flexibility index (Phi) is 5.01. The third kappa shape index (κ3) is 3.97. The average Bonchev–Trinajstić information content (AvgIpc) is 2.89. The molecule has 4 nitrogen and oxygen atoms in total. The Morgan fingerprint density at radius 1 is 1.40 bits per heavy atom. The van der Waals surface area contributed by atoms with Crippen LogP contribution >= 0.6 is 0 Å². The maximum Gasteiger partial charge on any atom is 0.337 e. The smallest absolute Gasteiger partial charge is 0.337 e. The van der Waals surface area contributed by atoms with Gasteiger partial charge in [-0.25, -0.2) is 4.79 Å². The minimum absolute atomic E-state index is 0.351. The van der Waals surface area contributed by atoms with Gasteiger partial charge < -0.3 is 15.3 Å². The van der Waals surface area contributed by atoms with Crippen LogP contribution in [0.2, 0.25) is 0 Å². The van der Waals surface area contributed by atoms with Gasteiger partial charge >= 0.3 is 5.97 Å². The highest BCUT2D eigenvalue weighted by Gasteiger charge is 2.15. The SMILES string of the molecule is Cc1ccc(C(=O)O)c(NCC(C)CN2CCCC2)c1. The van der Waals surface area contributed by atoms with E-state index in [1.807, 2.05) is 19.1 Å². The second-order valence-corrected chi connectivity index (χ2v) is 5.85. The summed E-state index contributed by atoms with van der Waals surface area (Å²) < 4.78 is 0. The van der Waals surface area contributed by atoms with Gasteiger partial charge in [-0.05, 0) is 56.5 Å². The number of carboxylic acids is 1. The number of hydrogen-bond donors (Lipinski definition) is 2. The number of carbonyl (C=O) groups is 1. The topological polar surface area (TPSA) is 52.6 Å². The number of anilines is 1. The summed E-state index contributed by atoms with van der Waals surface area (Å²) >= 11 is 0. The van der Waals surface area contributed by atoms with Crippen LogP contribution in [0.15, 0.2) is 18.2 Å². The molecule has 2 N–H and O–H groups in total. The van der Waals surface area contributed by atoms with Crippen molar-refractivity contribution in [2.45, 2.75) is 26.7 Å². The van der Waals surface area contributed by atoms with Gasteiger partial charge in [-0.1, -0.05) is 13.0 Å². The van der Waals surface area contributed by atoms with Crippen molar-refractivity contribution in [2.24, 2.45) is 5.92 Å². The predicted octanol–water partition coefficient (Wildman–Crippen LogP) is 2.84. The zero-order valence-corrected chi connectivity index (χ0v) is 12.4. The molecule has 1 atom stereocenters. The highest BCUT2D eigenvalue weighted by atomic mass is 16.4. The van der Waals surface area contributed by atoms with Gasteiger partial charge in [0.15, 0.2) is 0 Å². The van der Waals surface area contributed by atoms with E-state index < -0.39 is 5.97 Å². The summed E-state index contributed by atoms with van der Waals surface area (Å²) in [5, 5.41) is 12.5. The van der Waals surface area contributed by atoms with Gasteiger partial charge in [-0.2, -0.15) is 0 Å². The van der Waals surface area contributed by atoms with Crippen LogP contribution < -0.4 is 5.32 Å². The summed E-state index contributed by atoms with van der Waals surface area (Å²) in [5.41, 5.74) is 2.15. The number of nitrogens with one attached hydrogen (secondary N) is 1. The van der Waals surface area contributed by atoms with E-state index in [0.717, 1.165) is 24.3 Å². The number of aryl methyl sites for hydroxylation is 1. The normalized spacial score (nSPS) is 17.1. The van der Waals surface area contributed by atoms with Crippen LogP contribution in [-0.2, 0) is 0 Å². The fourth-order valence-corrected chi connectivity index (χ4v) is 2.75. The number of aromatic carboxylic acids is 1. The van der Waals surface area contributed by atoms with Crippen molar-refractivity contribution in [1.82, 2.24) is 4.90 Å². The Balaban J connectivity index is 1.92. The molecule has 1 fully saturated rings. The molecule has 2 rings (SSSR count). The third-order valence-corrected chi connectivity index (χ3v) is 3.82. The van der Waals surface area contributed by atoms with E-state index in [1.54, 1.807) is 6.07 Å². The Morgan fingerprint density at radius 2 is 2.10 bits per heavy atom. The molecule has 0 radical (unpaired) electrons. The van der Waals surface area contributed by atoms with Crippen molar-refractivity contribution >= 4 is 11.7 Å². The first kappa shape index (κ1) is 14.9. The van der Waals surface area contributed by atoms with Crippen LogP contribution in [0.3, 0.4) is 0 Å². The second kappa shape index (κ2) is 6.75. The Morgan fingerprint density at radius 3 is 2.75 bits per heavy atom. The molecule has 4 heteroatoms. The lowest BCUT2D eigenvalue weighted by Gasteiger charge is -2.21. The van der Waals surface area contributed by atoms with Gasteiger partial charge in [-0.15, -0.1) is 0 Å². The summed E-state index contributed by atoms with van der Waals surface area (Å²) in [5.74, 6) is -0.366. The maximum absolute atomic E-state index is 11.2. The monoisotopic (exact) mass is 276 g/mol. The summed E-state index contributed by atoms with van der Waals surface area (Å²) in [6, 6.07) is 5.42. The fraction of sp³-hybridized carbons (Fsp3) is 0.562. The van der Waals surface area contributed by atoms with Gasteiger partial charge in [0.2, 0.25) is 0 Å². The molecule has 20 heavy (non-hydrogen) atoms. The molecule has 1 aliphatic heterocycles. The largest absolute Gasteiger partial charge is 0.478 e. The molecule has 0 aromatic heterocycles. The summed E-state index contributed by atoms with van der Waals surface area (Å²) in [4.78, 5) is 13.7. The van der Waals surface area contributed by atoms with Crippen LogP contribution in [0.1, 0.15) is 35.7 Å². The number of benzene rings is 1. The second-order valence-electron chi connectivity index (χ2n) is 5.85. The maximum atomic E-state index is 11.2. The molecule has 110 valence electrons. The predicted molar refractivity (Wildman–Crippen MR) is 81.5 cm³/mol. The zero-order valence-electron chi connectivity index (χ0n) is 12.4. The van der Waals surface area contributed by atoms with Crippen molar-refractivity contribution in [3.63, 3.8) is 0 Å². The van der Waals surface area contributed by atoms with E-state index in [-0.39, 0.29) is 0 Å². The van der Waals surface area contributed by atoms with Gasteiger partial charge in [0.05, 0.1) is 5.56 Å². The van der Waals surface area contributed by atoms with Gasteiger partial charge in [0.1, 0.15) is 0 Å². The molecule has 1 heterocycles. The van der Waals surface area contributed by atoms with Crippen LogP contribution in [0.25, 0.3) is 0 Å². The Labute approximate surface area is 120 Å². The summed E-state index contributed by atoms with van der Waals surface area (Å²) in [7, 11) is 0. The molecule has 0 amide bonds. The molecule has 0 saturated carbocycles. The molecule has 1 saturated heterocycles. The number of carboxylic acid groups (broad SMARTS) is 1. The average molecular weight is 276 g/mol. The molecule has 1 aliphatic rings. The highest BCUT2D eigenvalue weighted by Crippen LogP contribution is 2.18. The molecule has 1 unspecified atom stereocenters. The number of rotatable bonds is 6. The Bertz CT molecular complexity index is 468. The van der Waals surface area contributed by atoms with E-state index >= 15 is 0 Å². The van der Waals surface area contributed by atoms with Crippen LogP contribution in [0.5, 0.6) is 0 Å². The van der Waals surface area contributed by atoms with Crippen molar-refractivity contribution in [3.8, 4) is 0 Å². The van der Waals surface area contributed by atoms with Crippen molar-refractivity contribution < 1.29 is 9.90 Å². The lowest BCUT2D eigenvalue weighted by atomic mass is 10.1.